The van der Waals surface area contributed by atoms with E-state index in [0.29, 0.717) is 22.6 Å². The van der Waals surface area contributed by atoms with Crippen molar-refractivity contribution in [2.75, 3.05) is 0 Å². The minimum atomic E-state index is -1.24. The molecule has 3 aromatic rings. The molecule has 4 nitrogen and oxygen atoms in total. The van der Waals surface area contributed by atoms with Gasteiger partial charge in [-0.2, -0.15) is 0 Å². The molecule has 3 rings (SSSR count). The number of hydrogen-bond acceptors (Lipinski definition) is 3. The number of aliphatic carboxylic acids is 1. The van der Waals surface area contributed by atoms with Gasteiger partial charge in [0.1, 0.15) is 17.4 Å². The Morgan fingerprint density at radius 2 is 1.33 bits per heavy atom. The Hall–Kier alpha value is -3.40. The summed E-state index contributed by atoms with van der Waals surface area (Å²) in [6.45, 7) is 4.00. The Morgan fingerprint density at radius 3 is 1.93 bits per heavy atom. The number of carbonyl (C=O) groups excluding carboxylic acids is 1. The molecule has 1 atom stereocenters. The molecule has 0 fully saturated rings. The highest BCUT2D eigenvalue weighted by Gasteiger charge is 2.29. The minimum absolute atomic E-state index is 0.296. The highest BCUT2D eigenvalue weighted by Crippen LogP contribution is 2.26. The summed E-state index contributed by atoms with van der Waals surface area (Å²) in [5, 5.41) is 9.51. The fraction of sp³-hybridized carbons (Fsp3) is 0.130. The molecule has 0 saturated heterocycles. The number of benzene rings is 3. The molecule has 0 saturated carbocycles. The Morgan fingerprint density at radius 1 is 0.778 bits per heavy atom. The van der Waals surface area contributed by atoms with Crippen molar-refractivity contribution in [2.45, 2.75) is 19.8 Å². The smallest absolute Gasteiger partial charge is 0.318 e. The van der Waals surface area contributed by atoms with Crippen LogP contribution in [0.15, 0.2) is 84.9 Å². The van der Waals surface area contributed by atoms with E-state index in [-0.39, 0.29) is 0 Å². The molecule has 0 bridgehead atoms. The van der Waals surface area contributed by atoms with Crippen LogP contribution in [0.25, 0.3) is 0 Å². The van der Waals surface area contributed by atoms with Gasteiger partial charge in [0, 0.05) is 5.56 Å². The van der Waals surface area contributed by atoms with E-state index >= 15 is 0 Å². The molecule has 0 aliphatic heterocycles. The number of carboxylic acid groups (broad SMARTS) is 1. The van der Waals surface area contributed by atoms with Crippen molar-refractivity contribution >= 4 is 11.8 Å². The van der Waals surface area contributed by atoms with Gasteiger partial charge in [0.2, 0.25) is 0 Å². The second-order valence-corrected chi connectivity index (χ2v) is 5.49. The number of rotatable bonds is 6. The van der Waals surface area contributed by atoms with Crippen molar-refractivity contribution in [3.63, 3.8) is 0 Å². The highest BCUT2D eigenvalue weighted by molar-refractivity contribution is 6.12. The quantitative estimate of drug-likeness (QED) is 0.461. The summed E-state index contributed by atoms with van der Waals surface area (Å²) in [7, 11) is 0. The lowest BCUT2D eigenvalue weighted by molar-refractivity contribution is -0.137. The molecule has 0 heterocycles. The molecule has 0 aliphatic rings. The number of Topliss-reactive ketones (excluding diaryl/α,β-unsaturated/α-hetero) is 1. The van der Waals surface area contributed by atoms with Crippen molar-refractivity contribution in [1.29, 1.82) is 0 Å². The second-order valence-electron chi connectivity index (χ2n) is 5.49. The van der Waals surface area contributed by atoms with Crippen LogP contribution < -0.4 is 4.74 Å². The number of ether oxygens (including phenoxy) is 1. The van der Waals surface area contributed by atoms with Crippen LogP contribution in [0.2, 0.25) is 0 Å². The largest absolute Gasteiger partial charge is 0.480 e. The maximum Gasteiger partial charge on any atom is 0.318 e. The monoisotopic (exact) mass is 362 g/mol. The lowest BCUT2D eigenvalue weighted by Gasteiger charge is -2.13. The molecular weight excluding hydrogens is 340 g/mol. The van der Waals surface area contributed by atoms with Gasteiger partial charge in [-0.15, -0.1) is 0 Å². The number of carbonyl (C=O) groups is 2. The summed E-state index contributed by atoms with van der Waals surface area (Å²) in [5.74, 6) is -1.77. The van der Waals surface area contributed by atoms with Gasteiger partial charge < -0.3 is 9.84 Å². The van der Waals surface area contributed by atoms with Crippen LogP contribution in [-0.2, 0) is 4.79 Å². The lowest BCUT2D eigenvalue weighted by atomic mass is 9.91. The fourth-order valence-electron chi connectivity index (χ4n) is 2.56. The molecule has 0 aromatic heterocycles. The van der Waals surface area contributed by atoms with Crippen LogP contribution >= 0.6 is 0 Å². The van der Waals surface area contributed by atoms with Crippen LogP contribution in [-0.4, -0.2) is 16.9 Å². The molecule has 1 unspecified atom stereocenters. The van der Waals surface area contributed by atoms with Crippen molar-refractivity contribution in [2.24, 2.45) is 0 Å². The third-order valence-electron chi connectivity index (χ3n) is 3.74. The van der Waals surface area contributed by atoms with Gasteiger partial charge in [-0.25, -0.2) is 0 Å². The molecule has 3 aromatic carbocycles. The molecule has 4 heteroatoms. The van der Waals surface area contributed by atoms with Gasteiger partial charge in [-0.3, -0.25) is 9.59 Å². The Balaban J connectivity index is 0.00000126. The molecule has 1 N–H and O–H groups in total. The van der Waals surface area contributed by atoms with Crippen LogP contribution in [0.3, 0.4) is 0 Å². The van der Waals surface area contributed by atoms with E-state index in [1.807, 2.05) is 32.0 Å². The zero-order valence-corrected chi connectivity index (χ0v) is 15.3. The zero-order valence-electron chi connectivity index (χ0n) is 15.3. The van der Waals surface area contributed by atoms with E-state index in [9.17, 15) is 14.7 Å². The molecule has 138 valence electrons. The standard InChI is InChI=1S/C21H16O4.C2H6/c22-20(19(21(23)24)15-8-3-1-4-9-15)16-10-7-13-18(14-16)25-17-11-5-2-6-12-17;1-2/h1-14,19H,(H,23,24);1-2H3. The van der Waals surface area contributed by atoms with Crippen molar-refractivity contribution < 1.29 is 19.4 Å². The van der Waals surface area contributed by atoms with Crippen molar-refractivity contribution in [3.8, 4) is 11.5 Å². The van der Waals surface area contributed by atoms with Gasteiger partial charge in [0.25, 0.3) is 0 Å². The third-order valence-corrected chi connectivity index (χ3v) is 3.74. The molecule has 0 spiro atoms. The Kier molecular flexibility index (Phi) is 7.32. The number of carboxylic acids is 1. The van der Waals surface area contributed by atoms with E-state index in [4.69, 9.17) is 4.74 Å². The Labute approximate surface area is 159 Å². The SMILES string of the molecule is CC.O=C(O)C(C(=O)c1cccc(Oc2ccccc2)c1)c1ccccc1. The first-order valence-corrected chi connectivity index (χ1v) is 8.80. The zero-order chi connectivity index (χ0) is 19.6. The summed E-state index contributed by atoms with van der Waals surface area (Å²) >= 11 is 0. The van der Waals surface area contributed by atoms with Gasteiger partial charge in [-0.1, -0.05) is 74.5 Å². The van der Waals surface area contributed by atoms with E-state index in [1.165, 1.54) is 0 Å². The van der Waals surface area contributed by atoms with Crippen molar-refractivity contribution in [3.05, 3.63) is 96.1 Å². The van der Waals surface area contributed by atoms with E-state index < -0.39 is 17.7 Å². The molecule has 0 amide bonds. The summed E-state index contributed by atoms with van der Waals surface area (Å²) in [6.07, 6.45) is 0. The van der Waals surface area contributed by atoms with E-state index in [1.54, 1.807) is 66.7 Å². The number of ketones is 1. The van der Waals surface area contributed by atoms with Crippen LogP contribution in [0.4, 0.5) is 0 Å². The molecule has 27 heavy (non-hydrogen) atoms. The van der Waals surface area contributed by atoms with Crippen LogP contribution in [0.5, 0.6) is 11.5 Å². The average molecular weight is 362 g/mol. The predicted molar refractivity (Wildman–Crippen MR) is 105 cm³/mol. The molecular formula is C23H22O4. The van der Waals surface area contributed by atoms with Gasteiger partial charge in [-0.05, 0) is 29.8 Å². The second kappa shape index (κ2) is 9.92. The summed E-state index contributed by atoms with van der Waals surface area (Å²) in [4.78, 5) is 24.4. The van der Waals surface area contributed by atoms with Crippen molar-refractivity contribution in [1.82, 2.24) is 0 Å². The van der Waals surface area contributed by atoms with Crippen LogP contribution in [0.1, 0.15) is 35.7 Å². The van der Waals surface area contributed by atoms with E-state index in [0.717, 1.165) is 0 Å². The summed E-state index contributed by atoms with van der Waals surface area (Å²) in [6, 6.07) is 24.2. The summed E-state index contributed by atoms with van der Waals surface area (Å²) in [5.41, 5.74) is 0.749. The van der Waals surface area contributed by atoms with Gasteiger partial charge in [0.05, 0.1) is 0 Å². The maximum atomic E-state index is 12.8. The highest BCUT2D eigenvalue weighted by atomic mass is 16.5. The normalized spacial score (nSPS) is 10.9. The first-order chi connectivity index (χ1) is 13.1. The lowest BCUT2D eigenvalue weighted by Crippen LogP contribution is -2.21. The number of hydrogen-bond donors (Lipinski definition) is 1. The number of para-hydroxylation sites is 1. The van der Waals surface area contributed by atoms with Crippen LogP contribution in [0, 0.1) is 0 Å². The molecule has 0 radical (unpaired) electrons. The molecule has 0 aliphatic carbocycles. The topological polar surface area (TPSA) is 63.6 Å². The first kappa shape index (κ1) is 19.9. The van der Waals surface area contributed by atoms with Gasteiger partial charge in [0.15, 0.2) is 5.78 Å². The summed E-state index contributed by atoms with van der Waals surface area (Å²) < 4.78 is 5.72. The van der Waals surface area contributed by atoms with E-state index in [2.05, 4.69) is 0 Å². The van der Waals surface area contributed by atoms with Gasteiger partial charge >= 0.3 is 5.97 Å². The average Bonchev–Trinajstić information content (AvgIpc) is 2.71. The predicted octanol–water partition coefficient (Wildman–Crippen LogP) is 5.56. The maximum absolute atomic E-state index is 12.8. The minimum Gasteiger partial charge on any atom is -0.480 e. The fourth-order valence-corrected chi connectivity index (χ4v) is 2.56. The third kappa shape index (κ3) is 5.28. The first-order valence-electron chi connectivity index (χ1n) is 8.80. The Bertz CT molecular complexity index is 873.